The number of aliphatic hydroxyl groups excluding tert-OH is 1. The number of rotatable bonds is 4. The summed E-state index contributed by atoms with van der Waals surface area (Å²) in [7, 11) is 0. The van der Waals surface area contributed by atoms with Crippen LogP contribution in [0.5, 0.6) is 0 Å². The molecule has 1 aromatic rings. The molecule has 2 N–H and O–H groups in total. The summed E-state index contributed by atoms with van der Waals surface area (Å²) >= 11 is 0. The lowest BCUT2D eigenvalue weighted by Gasteiger charge is -2.39. The zero-order valence-electron chi connectivity index (χ0n) is 16.2. The Bertz CT molecular complexity index is 741. The Kier molecular flexibility index (Phi) is 5.51. The van der Waals surface area contributed by atoms with Crippen molar-refractivity contribution in [1.29, 1.82) is 0 Å². The van der Waals surface area contributed by atoms with Gasteiger partial charge in [-0.15, -0.1) is 0 Å². The molecule has 0 aliphatic carbocycles. The molecule has 3 aliphatic heterocycles. The predicted octanol–water partition coefficient (Wildman–Crippen LogP) is 1.26. The number of carbonyl (C=O) groups excluding carboxylic acids is 2. The Morgan fingerprint density at radius 1 is 1.25 bits per heavy atom. The maximum absolute atomic E-state index is 12.6. The maximum atomic E-state index is 12.6. The highest BCUT2D eigenvalue weighted by atomic mass is 16.3. The number of piperidine rings is 1. The van der Waals surface area contributed by atoms with Gasteiger partial charge in [-0.3, -0.25) is 9.59 Å². The molecule has 0 radical (unpaired) electrons. The number of benzene rings is 1. The molecule has 0 bridgehead atoms. The predicted molar refractivity (Wildman–Crippen MR) is 107 cm³/mol. The first-order chi connectivity index (χ1) is 13.5. The lowest BCUT2D eigenvalue weighted by atomic mass is 9.77. The SMILES string of the molecule is O=C1CC2(CCN(C(=O)[C@H]3C[C@H](O)CN3)CC2)CN1CC=Cc1ccccc1. The molecule has 0 unspecified atom stereocenters. The lowest BCUT2D eigenvalue weighted by Crippen LogP contribution is -2.49. The molecule has 3 fully saturated rings. The number of amides is 2. The highest BCUT2D eigenvalue weighted by Crippen LogP contribution is 2.41. The van der Waals surface area contributed by atoms with Crippen LogP contribution in [0.3, 0.4) is 0 Å². The van der Waals surface area contributed by atoms with Crippen molar-refractivity contribution in [3.63, 3.8) is 0 Å². The monoisotopic (exact) mass is 383 g/mol. The molecule has 0 aromatic heterocycles. The molecule has 28 heavy (non-hydrogen) atoms. The smallest absolute Gasteiger partial charge is 0.239 e. The Labute approximate surface area is 166 Å². The number of hydrogen-bond acceptors (Lipinski definition) is 4. The van der Waals surface area contributed by atoms with Gasteiger partial charge in [-0.25, -0.2) is 0 Å². The Morgan fingerprint density at radius 3 is 2.68 bits per heavy atom. The average Bonchev–Trinajstić information content (AvgIpc) is 3.26. The summed E-state index contributed by atoms with van der Waals surface area (Å²) in [6.45, 7) is 3.33. The van der Waals surface area contributed by atoms with Gasteiger partial charge in [0.05, 0.1) is 12.1 Å². The van der Waals surface area contributed by atoms with Crippen molar-refractivity contribution >= 4 is 17.9 Å². The molecular weight excluding hydrogens is 354 g/mol. The molecular formula is C22H29N3O3. The van der Waals surface area contributed by atoms with E-state index in [2.05, 4.69) is 29.6 Å². The van der Waals surface area contributed by atoms with Crippen LogP contribution in [0.15, 0.2) is 36.4 Å². The van der Waals surface area contributed by atoms with Gasteiger partial charge in [-0.05, 0) is 24.8 Å². The second kappa shape index (κ2) is 8.05. The number of β-amino-alcohol motifs (C(OH)–C–C–N with tert-alkyl or cyclic N) is 1. The summed E-state index contributed by atoms with van der Waals surface area (Å²) in [6.07, 6.45) is 6.53. The van der Waals surface area contributed by atoms with E-state index in [0.717, 1.165) is 24.9 Å². The van der Waals surface area contributed by atoms with Gasteiger partial charge in [0.15, 0.2) is 0 Å². The average molecular weight is 383 g/mol. The molecule has 4 rings (SSSR count). The second-order valence-electron chi connectivity index (χ2n) is 8.44. The van der Waals surface area contributed by atoms with Crippen LogP contribution in [0.2, 0.25) is 0 Å². The van der Waals surface area contributed by atoms with E-state index in [0.29, 0.717) is 39.0 Å². The number of nitrogens with one attached hydrogen (secondary N) is 1. The number of carbonyl (C=O) groups is 2. The van der Waals surface area contributed by atoms with Crippen molar-refractivity contribution in [2.75, 3.05) is 32.7 Å². The largest absolute Gasteiger partial charge is 0.392 e. The van der Waals surface area contributed by atoms with Gasteiger partial charge < -0.3 is 20.2 Å². The van der Waals surface area contributed by atoms with Crippen LogP contribution in [0.1, 0.15) is 31.2 Å². The van der Waals surface area contributed by atoms with E-state index in [-0.39, 0.29) is 23.3 Å². The molecule has 3 saturated heterocycles. The van der Waals surface area contributed by atoms with Gasteiger partial charge in [0.2, 0.25) is 11.8 Å². The highest BCUT2D eigenvalue weighted by Gasteiger charge is 2.45. The minimum Gasteiger partial charge on any atom is -0.392 e. The maximum Gasteiger partial charge on any atom is 0.239 e. The van der Waals surface area contributed by atoms with Crippen molar-refractivity contribution in [3.05, 3.63) is 42.0 Å². The zero-order valence-corrected chi connectivity index (χ0v) is 16.2. The highest BCUT2D eigenvalue weighted by molar-refractivity contribution is 5.83. The fourth-order valence-electron chi connectivity index (χ4n) is 4.69. The summed E-state index contributed by atoms with van der Waals surface area (Å²) in [4.78, 5) is 29.0. The normalized spacial score (nSPS) is 27.2. The van der Waals surface area contributed by atoms with Crippen LogP contribution in [-0.4, -0.2) is 71.6 Å². The van der Waals surface area contributed by atoms with Crippen LogP contribution in [0.4, 0.5) is 0 Å². The third-order valence-corrected chi connectivity index (χ3v) is 6.38. The van der Waals surface area contributed by atoms with E-state index in [4.69, 9.17) is 0 Å². The van der Waals surface area contributed by atoms with E-state index in [1.54, 1.807) is 0 Å². The molecule has 2 atom stereocenters. The lowest BCUT2D eigenvalue weighted by molar-refractivity contribution is -0.135. The Hall–Kier alpha value is -2.18. The third kappa shape index (κ3) is 4.13. The van der Waals surface area contributed by atoms with Gasteiger partial charge in [0.25, 0.3) is 0 Å². The van der Waals surface area contributed by atoms with E-state index in [1.807, 2.05) is 28.0 Å². The summed E-state index contributed by atoms with van der Waals surface area (Å²) < 4.78 is 0. The molecule has 6 heteroatoms. The Morgan fingerprint density at radius 2 is 2.00 bits per heavy atom. The van der Waals surface area contributed by atoms with Crippen molar-refractivity contribution in [2.45, 2.75) is 37.8 Å². The number of likely N-dealkylation sites (tertiary alicyclic amines) is 2. The van der Waals surface area contributed by atoms with Crippen LogP contribution < -0.4 is 5.32 Å². The van der Waals surface area contributed by atoms with Gasteiger partial charge >= 0.3 is 0 Å². The van der Waals surface area contributed by atoms with E-state index >= 15 is 0 Å². The molecule has 0 saturated carbocycles. The molecule has 2 amide bonds. The summed E-state index contributed by atoms with van der Waals surface area (Å²) in [5.41, 5.74) is 1.15. The fraction of sp³-hybridized carbons (Fsp3) is 0.545. The number of aliphatic hydroxyl groups is 1. The van der Waals surface area contributed by atoms with E-state index in [1.165, 1.54) is 0 Å². The van der Waals surface area contributed by atoms with E-state index < -0.39 is 6.10 Å². The quantitative estimate of drug-likeness (QED) is 0.821. The molecule has 1 spiro atoms. The number of nitrogens with zero attached hydrogens (tertiary/aromatic N) is 2. The fourth-order valence-corrected chi connectivity index (χ4v) is 4.69. The minimum absolute atomic E-state index is 0.0110. The standard InChI is InChI=1S/C22H29N3O3/c26-18-13-19(23-15-18)21(28)24-11-8-22(9-12-24)14-20(27)25(16-22)10-4-7-17-5-2-1-3-6-17/h1-7,18-19,23,26H,8-16H2/t18-,19+/m0/s1. The van der Waals surface area contributed by atoms with Gasteiger partial charge in [0.1, 0.15) is 0 Å². The molecule has 1 aromatic carbocycles. The van der Waals surface area contributed by atoms with Crippen molar-refractivity contribution < 1.29 is 14.7 Å². The van der Waals surface area contributed by atoms with Crippen molar-refractivity contribution in [2.24, 2.45) is 5.41 Å². The van der Waals surface area contributed by atoms with Crippen LogP contribution >= 0.6 is 0 Å². The first-order valence-electron chi connectivity index (χ1n) is 10.2. The first kappa shape index (κ1) is 19.2. The topological polar surface area (TPSA) is 72.9 Å². The molecule has 6 nitrogen and oxygen atoms in total. The summed E-state index contributed by atoms with van der Waals surface area (Å²) in [6, 6.07) is 9.85. The third-order valence-electron chi connectivity index (χ3n) is 6.38. The van der Waals surface area contributed by atoms with Gasteiger partial charge in [0, 0.05) is 44.6 Å². The van der Waals surface area contributed by atoms with Gasteiger partial charge in [-0.1, -0.05) is 42.5 Å². The number of hydrogen-bond donors (Lipinski definition) is 2. The second-order valence-corrected chi connectivity index (χ2v) is 8.44. The van der Waals surface area contributed by atoms with E-state index in [9.17, 15) is 14.7 Å². The minimum atomic E-state index is -0.421. The first-order valence-corrected chi connectivity index (χ1v) is 10.2. The van der Waals surface area contributed by atoms with Crippen LogP contribution in [0, 0.1) is 5.41 Å². The molecule has 3 heterocycles. The molecule has 3 aliphatic rings. The summed E-state index contributed by atoms with van der Waals surface area (Å²) in [5, 5.41) is 12.7. The van der Waals surface area contributed by atoms with Crippen LogP contribution in [0.25, 0.3) is 6.08 Å². The van der Waals surface area contributed by atoms with Crippen LogP contribution in [-0.2, 0) is 9.59 Å². The van der Waals surface area contributed by atoms with Crippen molar-refractivity contribution in [3.8, 4) is 0 Å². The van der Waals surface area contributed by atoms with Crippen molar-refractivity contribution in [1.82, 2.24) is 15.1 Å². The van der Waals surface area contributed by atoms with Gasteiger partial charge in [-0.2, -0.15) is 0 Å². The summed E-state index contributed by atoms with van der Waals surface area (Å²) in [5.74, 6) is 0.316. The zero-order chi connectivity index (χ0) is 19.6. The Balaban J connectivity index is 1.29. The molecule has 150 valence electrons.